The first-order valence-corrected chi connectivity index (χ1v) is 5.79. The molecule has 1 heterocycles. The van der Waals surface area contributed by atoms with Crippen LogP contribution >= 0.6 is 0 Å². The Bertz CT molecular complexity index is 558. The molecule has 0 saturated heterocycles. The van der Waals surface area contributed by atoms with Gasteiger partial charge in [-0.2, -0.15) is 5.10 Å². The van der Waals surface area contributed by atoms with E-state index in [1.807, 2.05) is 31.2 Å². The lowest BCUT2D eigenvalue weighted by Gasteiger charge is -2.05. The van der Waals surface area contributed by atoms with Gasteiger partial charge >= 0.3 is 5.97 Å². The second-order valence-electron chi connectivity index (χ2n) is 3.95. The number of rotatable bonds is 3. The van der Waals surface area contributed by atoms with E-state index in [9.17, 15) is 4.79 Å². The van der Waals surface area contributed by atoms with Gasteiger partial charge in [-0.15, -0.1) is 0 Å². The van der Waals surface area contributed by atoms with Crippen LogP contribution in [-0.2, 0) is 4.74 Å². The number of carbonyl (C=O) groups is 1. The van der Waals surface area contributed by atoms with Crippen molar-refractivity contribution in [3.05, 3.63) is 41.5 Å². The number of esters is 1. The predicted molar refractivity (Wildman–Crippen MR) is 66.8 cm³/mol. The summed E-state index contributed by atoms with van der Waals surface area (Å²) in [5, 5.41) is 4.22. The maximum absolute atomic E-state index is 11.8. The maximum atomic E-state index is 11.8. The molecule has 0 amide bonds. The van der Waals surface area contributed by atoms with Gasteiger partial charge in [0, 0.05) is 0 Å². The molecule has 0 aliphatic rings. The SMILES string of the molecule is CCOC(=O)c1nc(C)nn1-c1ccc(C)cc1. The predicted octanol–water partition coefficient (Wildman–Crippen LogP) is 2.06. The highest BCUT2D eigenvalue weighted by atomic mass is 16.5. The van der Waals surface area contributed by atoms with Crippen LogP contribution in [0, 0.1) is 13.8 Å². The highest BCUT2D eigenvalue weighted by molar-refractivity contribution is 5.86. The van der Waals surface area contributed by atoms with Crippen molar-refractivity contribution in [1.82, 2.24) is 14.8 Å². The van der Waals surface area contributed by atoms with Crippen molar-refractivity contribution in [3.63, 3.8) is 0 Å². The summed E-state index contributed by atoms with van der Waals surface area (Å²) < 4.78 is 6.47. The van der Waals surface area contributed by atoms with Crippen molar-refractivity contribution < 1.29 is 9.53 Å². The molecule has 0 atom stereocenters. The van der Waals surface area contributed by atoms with Gasteiger partial charge < -0.3 is 4.74 Å². The summed E-state index contributed by atoms with van der Waals surface area (Å²) in [6.07, 6.45) is 0. The molecular weight excluding hydrogens is 230 g/mol. The van der Waals surface area contributed by atoms with Gasteiger partial charge in [-0.3, -0.25) is 0 Å². The smallest absolute Gasteiger partial charge is 0.376 e. The van der Waals surface area contributed by atoms with Crippen LogP contribution in [0.15, 0.2) is 24.3 Å². The van der Waals surface area contributed by atoms with Crippen LogP contribution in [0.4, 0.5) is 0 Å². The highest BCUT2D eigenvalue weighted by Gasteiger charge is 2.18. The number of aromatic nitrogens is 3. The monoisotopic (exact) mass is 245 g/mol. The molecule has 18 heavy (non-hydrogen) atoms. The molecule has 0 bridgehead atoms. The number of ether oxygens (including phenoxy) is 1. The minimum absolute atomic E-state index is 0.207. The Morgan fingerprint density at radius 3 is 2.56 bits per heavy atom. The number of aryl methyl sites for hydroxylation is 2. The molecule has 0 spiro atoms. The van der Waals surface area contributed by atoms with Crippen LogP contribution in [-0.4, -0.2) is 27.3 Å². The first-order valence-electron chi connectivity index (χ1n) is 5.79. The quantitative estimate of drug-likeness (QED) is 0.777. The van der Waals surface area contributed by atoms with E-state index < -0.39 is 5.97 Å². The average Bonchev–Trinajstić information content (AvgIpc) is 2.73. The van der Waals surface area contributed by atoms with E-state index in [2.05, 4.69) is 10.1 Å². The lowest BCUT2D eigenvalue weighted by molar-refractivity contribution is 0.0508. The molecule has 0 saturated carbocycles. The summed E-state index contributed by atoms with van der Waals surface area (Å²) in [5.74, 6) is 0.288. The largest absolute Gasteiger partial charge is 0.460 e. The summed E-state index contributed by atoms with van der Waals surface area (Å²) in [6, 6.07) is 7.71. The summed E-state index contributed by atoms with van der Waals surface area (Å²) in [6.45, 7) is 5.83. The summed E-state index contributed by atoms with van der Waals surface area (Å²) in [7, 11) is 0. The number of nitrogens with zero attached hydrogens (tertiary/aromatic N) is 3. The van der Waals surface area contributed by atoms with Crippen molar-refractivity contribution in [2.75, 3.05) is 6.61 Å². The Kier molecular flexibility index (Phi) is 3.41. The molecule has 1 aromatic heterocycles. The topological polar surface area (TPSA) is 57.0 Å². The number of benzene rings is 1. The van der Waals surface area contributed by atoms with Gasteiger partial charge in [-0.25, -0.2) is 14.5 Å². The Labute approximate surface area is 105 Å². The molecule has 2 aromatic rings. The Morgan fingerprint density at radius 1 is 1.28 bits per heavy atom. The standard InChI is InChI=1S/C13H15N3O2/c1-4-18-13(17)12-14-10(3)15-16(12)11-7-5-9(2)6-8-11/h5-8H,4H2,1-3H3. The van der Waals surface area contributed by atoms with Crippen molar-refractivity contribution >= 4 is 5.97 Å². The molecule has 1 aromatic carbocycles. The Hall–Kier alpha value is -2.17. The van der Waals surface area contributed by atoms with Crippen LogP contribution in [0.3, 0.4) is 0 Å². The maximum Gasteiger partial charge on any atom is 0.376 e. The fourth-order valence-electron chi connectivity index (χ4n) is 1.61. The second kappa shape index (κ2) is 5.00. The second-order valence-corrected chi connectivity index (χ2v) is 3.95. The third kappa shape index (κ3) is 2.40. The minimum atomic E-state index is -0.460. The zero-order valence-electron chi connectivity index (χ0n) is 10.7. The summed E-state index contributed by atoms with van der Waals surface area (Å²) >= 11 is 0. The van der Waals surface area contributed by atoms with E-state index in [-0.39, 0.29) is 5.82 Å². The first kappa shape index (κ1) is 12.3. The van der Waals surface area contributed by atoms with Gasteiger partial charge in [-0.05, 0) is 32.9 Å². The summed E-state index contributed by atoms with van der Waals surface area (Å²) in [4.78, 5) is 15.9. The van der Waals surface area contributed by atoms with E-state index in [0.29, 0.717) is 12.4 Å². The van der Waals surface area contributed by atoms with Crippen LogP contribution in [0.2, 0.25) is 0 Å². The molecule has 0 N–H and O–H groups in total. The van der Waals surface area contributed by atoms with Crippen LogP contribution in [0.1, 0.15) is 28.9 Å². The lowest BCUT2D eigenvalue weighted by Crippen LogP contribution is -2.13. The fourth-order valence-corrected chi connectivity index (χ4v) is 1.61. The van der Waals surface area contributed by atoms with Crippen LogP contribution in [0.25, 0.3) is 5.69 Å². The van der Waals surface area contributed by atoms with E-state index in [1.54, 1.807) is 13.8 Å². The normalized spacial score (nSPS) is 10.4. The lowest BCUT2D eigenvalue weighted by atomic mass is 10.2. The van der Waals surface area contributed by atoms with Gasteiger partial charge in [0.05, 0.1) is 12.3 Å². The van der Waals surface area contributed by atoms with E-state index >= 15 is 0 Å². The van der Waals surface area contributed by atoms with E-state index in [4.69, 9.17) is 4.74 Å². The third-order valence-corrected chi connectivity index (χ3v) is 2.45. The van der Waals surface area contributed by atoms with Gasteiger partial charge in [0.15, 0.2) is 0 Å². The van der Waals surface area contributed by atoms with Gasteiger partial charge in [-0.1, -0.05) is 17.7 Å². The average molecular weight is 245 g/mol. The Balaban J connectivity index is 2.44. The van der Waals surface area contributed by atoms with Crippen molar-refractivity contribution in [2.24, 2.45) is 0 Å². The summed E-state index contributed by atoms with van der Waals surface area (Å²) in [5.41, 5.74) is 1.94. The molecule has 5 heteroatoms. The van der Waals surface area contributed by atoms with Crippen molar-refractivity contribution in [3.8, 4) is 5.69 Å². The van der Waals surface area contributed by atoms with Gasteiger partial charge in [0.25, 0.3) is 0 Å². The van der Waals surface area contributed by atoms with E-state index in [0.717, 1.165) is 11.3 Å². The molecular formula is C13H15N3O2. The van der Waals surface area contributed by atoms with Crippen molar-refractivity contribution in [2.45, 2.75) is 20.8 Å². The first-order chi connectivity index (χ1) is 8.61. The number of carbonyl (C=O) groups excluding carboxylic acids is 1. The van der Waals surface area contributed by atoms with Crippen LogP contribution < -0.4 is 0 Å². The van der Waals surface area contributed by atoms with Gasteiger partial charge in [0.1, 0.15) is 5.82 Å². The molecule has 0 aliphatic carbocycles. The fraction of sp³-hybridized carbons (Fsp3) is 0.308. The van der Waals surface area contributed by atoms with Crippen LogP contribution in [0.5, 0.6) is 0 Å². The minimum Gasteiger partial charge on any atom is -0.460 e. The molecule has 5 nitrogen and oxygen atoms in total. The molecule has 0 radical (unpaired) electrons. The molecule has 0 unspecified atom stereocenters. The molecule has 94 valence electrons. The van der Waals surface area contributed by atoms with Gasteiger partial charge in [0.2, 0.25) is 5.82 Å². The Morgan fingerprint density at radius 2 is 1.94 bits per heavy atom. The number of hydrogen-bond donors (Lipinski definition) is 0. The van der Waals surface area contributed by atoms with E-state index in [1.165, 1.54) is 4.68 Å². The highest BCUT2D eigenvalue weighted by Crippen LogP contribution is 2.12. The van der Waals surface area contributed by atoms with Crippen molar-refractivity contribution in [1.29, 1.82) is 0 Å². The number of hydrogen-bond acceptors (Lipinski definition) is 4. The zero-order chi connectivity index (χ0) is 13.1. The third-order valence-electron chi connectivity index (χ3n) is 2.45. The zero-order valence-corrected chi connectivity index (χ0v) is 10.7. The molecule has 0 aliphatic heterocycles. The molecule has 0 fully saturated rings. The molecule has 2 rings (SSSR count).